The zero-order valence-corrected chi connectivity index (χ0v) is 12.1. The van der Waals surface area contributed by atoms with Crippen LogP contribution in [0.2, 0.25) is 0 Å². The molecule has 0 radical (unpaired) electrons. The number of rotatable bonds is 5. The Hall–Kier alpha value is -2.08. The third-order valence-electron chi connectivity index (χ3n) is 3.75. The second-order valence-corrected chi connectivity index (χ2v) is 5.54. The molecule has 0 bridgehead atoms. The lowest BCUT2D eigenvalue weighted by Gasteiger charge is -2.32. The van der Waals surface area contributed by atoms with Crippen molar-refractivity contribution in [1.82, 2.24) is 5.32 Å². The van der Waals surface area contributed by atoms with Gasteiger partial charge in [0.1, 0.15) is 5.75 Å². The van der Waals surface area contributed by atoms with E-state index in [9.17, 15) is 9.59 Å². The molecule has 1 heterocycles. The predicted octanol–water partition coefficient (Wildman–Crippen LogP) is 0.879. The Morgan fingerprint density at radius 3 is 2.48 bits per heavy atom. The van der Waals surface area contributed by atoms with Crippen LogP contribution in [0.1, 0.15) is 19.8 Å². The lowest BCUT2D eigenvalue weighted by Crippen LogP contribution is -2.42. The van der Waals surface area contributed by atoms with Gasteiger partial charge in [-0.05, 0) is 50.2 Å². The van der Waals surface area contributed by atoms with Crippen LogP contribution < -0.4 is 21.1 Å². The van der Waals surface area contributed by atoms with Gasteiger partial charge in [-0.2, -0.15) is 0 Å². The highest BCUT2D eigenvalue weighted by Gasteiger charge is 2.34. The van der Waals surface area contributed by atoms with E-state index in [0.717, 1.165) is 25.9 Å². The maximum atomic E-state index is 12.4. The zero-order chi connectivity index (χ0) is 15.3. The topological polar surface area (TPSA) is 93.4 Å². The summed E-state index contributed by atoms with van der Waals surface area (Å²) in [5.41, 5.74) is 5.39. The Morgan fingerprint density at radius 2 is 1.90 bits per heavy atom. The number of nitrogens with two attached hydrogens (primary N) is 1. The van der Waals surface area contributed by atoms with Gasteiger partial charge in [0.2, 0.25) is 5.91 Å². The zero-order valence-electron chi connectivity index (χ0n) is 12.1. The van der Waals surface area contributed by atoms with Gasteiger partial charge in [-0.1, -0.05) is 6.92 Å². The van der Waals surface area contributed by atoms with Gasteiger partial charge in [0, 0.05) is 11.1 Å². The van der Waals surface area contributed by atoms with Gasteiger partial charge in [-0.3, -0.25) is 9.59 Å². The number of carbonyl (C=O) groups is 2. The number of carbonyl (C=O) groups excluding carboxylic acids is 2. The van der Waals surface area contributed by atoms with Crippen molar-refractivity contribution >= 4 is 17.5 Å². The molecule has 1 aromatic carbocycles. The highest BCUT2D eigenvalue weighted by Crippen LogP contribution is 2.29. The molecule has 0 aliphatic carbocycles. The van der Waals surface area contributed by atoms with E-state index < -0.39 is 5.91 Å². The first-order valence-corrected chi connectivity index (χ1v) is 7.03. The third-order valence-corrected chi connectivity index (χ3v) is 3.75. The molecular weight excluding hydrogens is 270 g/mol. The number of ether oxygens (including phenoxy) is 1. The highest BCUT2D eigenvalue weighted by molar-refractivity contribution is 5.95. The number of piperidine rings is 1. The van der Waals surface area contributed by atoms with E-state index in [4.69, 9.17) is 10.5 Å². The molecule has 1 aromatic rings. The Kier molecular flexibility index (Phi) is 4.80. The van der Waals surface area contributed by atoms with Crippen molar-refractivity contribution in [2.45, 2.75) is 19.8 Å². The van der Waals surface area contributed by atoms with E-state index in [0.29, 0.717) is 11.4 Å². The summed E-state index contributed by atoms with van der Waals surface area (Å²) in [6, 6.07) is 6.89. The Morgan fingerprint density at radius 1 is 1.29 bits per heavy atom. The van der Waals surface area contributed by atoms with Gasteiger partial charge < -0.3 is 21.1 Å². The largest absolute Gasteiger partial charge is 0.484 e. The summed E-state index contributed by atoms with van der Waals surface area (Å²) in [6.45, 7) is 3.57. The smallest absolute Gasteiger partial charge is 0.255 e. The molecule has 4 N–H and O–H groups in total. The molecule has 0 saturated carbocycles. The first-order valence-electron chi connectivity index (χ1n) is 7.03. The third kappa shape index (κ3) is 4.19. The molecule has 21 heavy (non-hydrogen) atoms. The van der Waals surface area contributed by atoms with Crippen LogP contribution in [-0.2, 0) is 9.59 Å². The standard InChI is InChI=1S/C15H21N3O3/c1-15(6-8-17-9-7-15)14(20)18-11-2-4-12(5-3-11)21-10-13(16)19/h2-5,17H,6-10H2,1H3,(H2,16,19)(H,18,20). The minimum atomic E-state index is -0.522. The molecule has 1 aliphatic heterocycles. The minimum absolute atomic E-state index is 0.0369. The number of hydrogen-bond acceptors (Lipinski definition) is 4. The number of benzene rings is 1. The minimum Gasteiger partial charge on any atom is -0.484 e. The highest BCUT2D eigenvalue weighted by atomic mass is 16.5. The van der Waals surface area contributed by atoms with Gasteiger partial charge in [0.05, 0.1) is 0 Å². The van der Waals surface area contributed by atoms with Crippen LogP contribution in [0.3, 0.4) is 0 Å². The van der Waals surface area contributed by atoms with Crippen molar-refractivity contribution in [2.24, 2.45) is 11.1 Å². The van der Waals surface area contributed by atoms with E-state index in [2.05, 4.69) is 10.6 Å². The van der Waals surface area contributed by atoms with E-state index in [1.54, 1.807) is 24.3 Å². The second-order valence-electron chi connectivity index (χ2n) is 5.54. The Labute approximate surface area is 124 Å². The molecule has 114 valence electrons. The number of hydrogen-bond donors (Lipinski definition) is 3. The molecule has 1 saturated heterocycles. The maximum absolute atomic E-state index is 12.4. The van der Waals surface area contributed by atoms with E-state index in [1.165, 1.54) is 0 Å². The van der Waals surface area contributed by atoms with Gasteiger partial charge in [0.25, 0.3) is 5.91 Å². The predicted molar refractivity (Wildman–Crippen MR) is 80.0 cm³/mol. The SMILES string of the molecule is CC1(C(=O)Nc2ccc(OCC(N)=O)cc2)CCNCC1. The summed E-state index contributed by atoms with van der Waals surface area (Å²) in [4.78, 5) is 23.0. The van der Waals surface area contributed by atoms with E-state index >= 15 is 0 Å². The van der Waals surface area contributed by atoms with Crippen LogP contribution in [0.5, 0.6) is 5.75 Å². The molecule has 6 heteroatoms. The molecule has 0 atom stereocenters. The van der Waals surface area contributed by atoms with Crippen molar-refractivity contribution < 1.29 is 14.3 Å². The summed E-state index contributed by atoms with van der Waals surface area (Å²) >= 11 is 0. The molecule has 1 fully saturated rings. The fourth-order valence-electron chi connectivity index (χ4n) is 2.28. The summed E-state index contributed by atoms with van der Waals surface area (Å²) in [6.07, 6.45) is 1.66. The fraction of sp³-hybridized carbons (Fsp3) is 0.467. The van der Waals surface area contributed by atoms with E-state index in [-0.39, 0.29) is 17.9 Å². The fourth-order valence-corrected chi connectivity index (χ4v) is 2.28. The van der Waals surface area contributed by atoms with Crippen molar-refractivity contribution in [3.8, 4) is 5.75 Å². The molecule has 6 nitrogen and oxygen atoms in total. The van der Waals surface area contributed by atoms with Crippen LogP contribution >= 0.6 is 0 Å². The first kappa shape index (κ1) is 15.3. The number of primary amides is 1. The van der Waals surface area contributed by atoms with Crippen LogP contribution in [0.15, 0.2) is 24.3 Å². The van der Waals surface area contributed by atoms with Crippen molar-refractivity contribution in [2.75, 3.05) is 25.0 Å². The molecule has 0 unspecified atom stereocenters. The Bertz CT molecular complexity index is 507. The van der Waals surface area contributed by atoms with Gasteiger partial charge in [-0.15, -0.1) is 0 Å². The lowest BCUT2D eigenvalue weighted by atomic mass is 9.80. The maximum Gasteiger partial charge on any atom is 0.255 e. The van der Waals surface area contributed by atoms with Crippen LogP contribution in [-0.4, -0.2) is 31.5 Å². The van der Waals surface area contributed by atoms with Crippen LogP contribution in [0, 0.1) is 5.41 Å². The van der Waals surface area contributed by atoms with Gasteiger partial charge in [0.15, 0.2) is 6.61 Å². The summed E-state index contributed by atoms with van der Waals surface area (Å²) in [5, 5.41) is 6.19. The average Bonchev–Trinajstić information content (AvgIpc) is 2.47. The lowest BCUT2D eigenvalue weighted by molar-refractivity contribution is -0.126. The molecular formula is C15H21N3O3. The number of amides is 2. The molecule has 0 spiro atoms. The van der Waals surface area contributed by atoms with Crippen molar-refractivity contribution in [3.05, 3.63) is 24.3 Å². The van der Waals surface area contributed by atoms with Crippen molar-refractivity contribution in [1.29, 1.82) is 0 Å². The van der Waals surface area contributed by atoms with Crippen molar-refractivity contribution in [3.63, 3.8) is 0 Å². The van der Waals surface area contributed by atoms with Gasteiger partial charge >= 0.3 is 0 Å². The van der Waals surface area contributed by atoms with Crippen LogP contribution in [0.25, 0.3) is 0 Å². The average molecular weight is 291 g/mol. The summed E-state index contributed by atoms with van der Waals surface area (Å²) in [7, 11) is 0. The monoisotopic (exact) mass is 291 g/mol. The Balaban J connectivity index is 1.93. The molecule has 0 aromatic heterocycles. The van der Waals surface area contributed by atoms with Crippen LogP contribution in [0.4, 0.5) is 5.69 Å². The van der Waals surface area contributed by atoms with Gasteiger partial charge in [-0.25, -0.2) is 0 Å². The molecule has 2 rings (SSSR count). The quantitative estimate of drug-likeness (QED) is 0.750. The number of nitrogens with one attached hydrogen (secondary N) is 2. The first-order chi connectivity index (χ1) is 9.99. The number of anilines is 1. The molecule has 1 aliphatic rings. The summed E-state index contributed by atoms with van der Waals surface area (Å²) in [5.74, 6) is 0.0564. The second kappa shape index (κ2) is 6.58. The molecule has 2 amide bonds. The summed E-state index contributed by atoms with van der Waals surface area (Å²) < 4.78 is 5.17. The van der Waals surface area contributed by atoms with E-state index in [1.807, 2.05) is 6.92 Å². The normalized spacial score (nSPS) is 17.0.